The molecule has 3 rings (SSSR count). The maximum atomic E-state index is 10.6. The maximum absolute atomic E-state index is 10.6. The van der Waals surface area contributed by atoms with Crippen LogP contribution in [0, 0.1) is 6.92 Å². The highest BCUT2D eigenvalue weighted by molar-refractivity contribution is 5.77. The molecule has 0 saturated carbocycles. The molecule has 0 aliphatic rings. The Bertz CT molecular complexity index is 960. The van der Waals surface area contributed by atoms with Gasteiger partial charge in [0.1, 0.15) is 0 Å². The van der Waals surface area contributed by atoms with E-state index in [0.29, 0.717) is 0 Å². The molecule has 3 heterocycles. The third-order valence-corrected chi connectivity index (χ3v) is 4.26. The molecule has 0 fully saturated rings. The summed E-state index contributed by atoms with van der Waals surface area (Å²) in [4.78, 5) is 19.7. The van der Waals surface area contributed by atoms with Crippen molar-refractivity contribution >= 4 is 17.0 Å². The predicted octanol–water partition coefficient (Wildman–Crippen LogP) is 2.69. The average molecular weight is 424 g/mol. The zero-order chi connectivity index (χ0) is 22.3. The van der Waals surface area contributed by atoms with Crippen molar-refractivity contribution in [3.8, 4) is 0 Å². The Labute approximate surface area is 171 Å². The van der Waals surface area contributed by atoms with Gasteiger partial charge in [0.15, 0.2) is 5.65 Å². The van der Waals surface area contributed by atoms with E-state index in [-0.39, 0.29) is 6.04 Å². The summed E-state index contributed by atoms with van der Waals surface area (Å²) in [6, 6.07) is 6.52. The first-order valence-electron chi connectivity index (χ1n) is 8.96. The van der Waals surface area contributed by atoms with Crippen LogP contribution in [-0.2, 0) is 11.3 Å². The van der Waals surface area contributed by atoms with Crippen molar-refractivity contribution in [2.45, 2.75) is 25.7 Å². The summed E-state index contributed by atoms with van der Waals surface area (Å²) in [6.07, 6.45) is 0.525. The lowest BCUT2D eigenvalue weighted by atomic mass is 10.1. The smallest absolute Gasteiger partial charge is 0.475 e. The van der Waals surface area contributed by atoms with Crippen molar-refractivity contribution in [2.75, 3.05) is 20.6 Å². The summed E-state index contributed by atoms with van der Waals surface area (Å²) in [5.74, 6) is -2.76. The average Bonchev–Trinajstić information content (AvgIpc) is 3.06. The Morgan fingerprint density at radius 2 is 2.03 bits per heavy atom. The number of H-pyrrole nitrogens is 1. The summed E-state index contributed by atoms with van der Waals surface area (Å²) in [6.45, 7) is 3.64. The number of likely N-dealkylation sites (N-methyl/N-ethyl adjacent to an activating group) is 1. The van der Waals surface area contributed by atoms with Crippen LogP contribution in [0.15, 0.2) is 36.8 Å². The number of hydrogen-bond acceptors (Lipinski definition) is 6. The van der Waals surface area contributed by atoms with Crippen LogP contribution in [-0.4, -0.2) is 63.0 Å². The molecule has 1 atom stereocenters. The Kier molecular flexibility index (Phi) is 7.84. The number of aromatic nitrogens is 4. The molecule has 0 spiro atoms. The molecule has 0 amide bonds. The van der Waals surface area contributed by atoms with Crippen LogP contribution in [0.3, 0.4) is 0 Å². The number of carbonyl (C=O) groups is 1. The highest BCUT2D eigenvalue weighted by Crippen LogP contribution is 2.17. The molecule has 0 aliphatic carbocycles. The summed E-state index contributed by atoms with van der Waals surface area (Å²) in [7, 11) is 4.17. The molecule has 0 aliphatic heterocycles. The third-order valence-electron chi connectivity index (χ3n) is 4.26. The number of aryl methyl sites for hydroxylation is 1. The minimum atomic E-state index is -5.08. The van der Waals surface area contributed by atoms with Crippen LogP contribution in [0.1, 0.15) is 22.9 Å². The van der Waals surface area contributed by atoms with E-state index < -0.39 is 12.1 Å². The van der Waals surface area contributed by atoms with Crippen LogP contribution >= 0.6 is 0 Å². The lowest BCUT2D eigenvalue weighted by Crippen LogP contribution is -2.30. The van der Waals surface area contributed by atoms with Gasteiger partial charge in [-0.1, -0.05) is 6.07 Å². The van der Waals surface area contributed by atoms with Gasteiger partial charge < -0.3 is 15.3 Å². The zero-order valence-corrected chi connectivity index (χ0v) is 16.7. The number of aromatic amines is 1. The van der Waals surface area contributed by atoms with Gasteiger partial charge in [-0.25, -0.2) is 9.78 Å². The van der Waals surface area contributed by atoms with Gasteiger partial charge in [-0.3, -0.25) is 10.1 Å². The second-order valence-corrected chi connectivity index (χ2v) is 6.76. The predicted molar refractivity (Wildman–Crippen MR) is 105 cm³/mol. The third kappa shape index (κ3) is 6.49. The van der Waals surface area contributed by atoms with E-state index in [1.807, 2.05) is 25.4 Å². The summed E-state index contributed by atoms with van der Waals surface area (Å²) in [5, 5.41) is 18.9. The number of carboxylic acid groups (broad SMARTS) is 1. The quantitative estimate of drug-likeness (QED) is 0.559. The zero-order valence-electron chi connectivity index (χ0n) is 16.7. The first-order chi connectivity index (χ1) is 14.1. The number of carboxylic acids is 1. The lowest BCUT2D eigenvalue weighted by molar-refractivity contribution is -0.192. The molecular weight excluding hydrogens is 401 g/mol. The number of aliphatic carboxylic acids is 1. The Hall–Kier alpha value is -3.05. The second kappa shape index (κ2) is 10.1. The van der Waals surface area contributed by atoms with Gasteiger partial charge in [-0.15, -0.1) is 0 Å². The Balaban J connectivity index is 0.000000396. The molecular formula is C19H23F3N6O2. The van der Waals surface area contributed by atoms with E-state index in [4.69, 9.17) is 9.90 Å². The first-order valence-corrected chi connectivity index (χ1v) is 8.96. The van der Waals surface area contributed by atoms with Crippen molar-refractivity contribution in [3.05, 3.63) is 53.6 Å². The monoisotopic (exact) mass is 424 g/mol. The Morgan fingerprint density at radius 3 is 2.60 bits per heavy atom. The van der Waals surface area contributed by atoms with Crippen LogP contribution in [0.25, 0.3) is 11.0 Å². The number of halogens is 3. The molecule has 11 heteroatoms. The summed E-state index contributed by atoms with van der Waals surface area (Å²) < 4.78 is 31.7. The second-order valence-electron chi connectivity index (χ2n) is 6.76. The van der Waals surface area contributed by atoms with Gasteiger partial charge in [0, 0.05) is 48.8 Å². The number of hydrogen-bond donors (Lipinski definition) is 3. The fourth-order valence-corrected chi connectivity index (χ4v) is 2.68. The van der Waals surface area contributed by atoms with E-state index >= 15 is 0 Å². The standard InChI is InChI=1S/C17H22N6.C2HF3O2/c1-12-15-7-13(9-20-17(15)22-21-12)8-19-11-16(23(2)3)14-5-4-6-18-10-14;3-2(4,5)1(6)7/h4-7,9-10,16,19H,8,11H2,1-3H3,(H,20,21,22);(H,6,7). The van der Waals surface area contributed by atoms with Gasteiger partial charge in [-0.05, 0) is 44.3 Å². The largest absolute Gasteiger partial charge is 0.490 e. The summed E-state index contributed by atoms with van der Waals surface area (Å²) >= 11 is 0. The van der Waals surface area contributed by atoms with E-state index in [2.05, 4.69) is 56.6 Å². The normalized spacial score (nSPS) is 12.5. The van der Waals surface area contributed by atoms with Crippen LogP contribution < -0.4 is 5.32 Å². The van der Waals surface area contributed by atoms with E-state index in [9.17, 15) is 13.2 Å². The molecule has 162 valence electrons. The first kappa shape index (κ1) is 23.2. The number of alkyl halides is 3. The minimum absolute atomic E-state index is 0.288. The number of rotatable bonds is 6. The molecule has 0 aromatic carbocycles. The van der Waals surface area contributed by atoms with Gasteiger partial charge in [0.2, 0.25) is 0 Å². The van der Waals surface area contributed by atoms with Crippen molar-refractivity contribution in [2.24, 2.45) is 0 Å². The fourth-order valence-electron chi connectivity index (χ4n) is 2.68. The SMILES string of the molecule is Cc1[nH]nc2ncc(CNCC(c3cccnc3)N(C)C)cc12.O=C(O)C(F)(F)F. The molecule has 3 N–H and O–H groups in total. The molecule has 0 bridgehead atoms. The van der Waals surface area contributed by atoms with Crippen molar-refractivity contribution in [1.29, 1.82) is 0 Å². The van der Waals surface area contributed by atoms with E-state index in [1.54, 1.807) is 6.20 Å². The highest BCUT2D eigenvalue weighted by atomic mass is 19.4. The summed E-state index contributed by atoms with van der Waals surface area (Å²) in [5.41, 5.74) is 4.19. The lowest BCUT2D eigenvalue weighted by Gasteiger charge is -2.24. The van der Waals surface area contributed by atoms with Crippen molar-refractivity contribution in [3.63, 3.8) is 0 Å². The molecule has 3 aromatic rings. The van der Waals surface area contributed by atoms with Crippen LogP contribution in [0.4, 0.5) is 13.2 Å². The highest BCUT2D eigenvalue weighted by Gasteiger charge is 2.38. The number of nitrogens with one attached hydrogen (secondary N) is 2. The number of nitrogens with zero attached hydrogens (tertiary/aromatic N) is 4. The van der Waals surface area contributed by atoms with Gasteiger partial charge in [0.05, 0.1) is 0 Å². The molecule has 30 heavy (non-hydrogen) atoms. The van der Waals surface area contributed by atoms with E-state index in [1.165, 1.54) is 5.56 Å². The number of fused-ring (bicyclic) bond motifs is 1. The fraction of sp³-hybridized carbons (Fsp3) is 0.368. The molecule has 3 aromatic heterocycles. The van der Waals surface area contributed by atoms with Gasteiger partial charge in [-0.2, -0.15) is 18.3 Å². The molecule has 0 radical (unpaired) electrons. The Morgan fingerprint density at radius 1 is 1.33 bits per heavy atom. The van der Waals surface area contributed by atoms with Crippen molar-refractivity contribution < 1.29 is 23.1 Å². The van der Waals surface area contributed by atoms with Crippen LogP contribution in [0.2, 0.25) is 0 Å². The minimum Gasteiger partial charge on any atom is -0.475 e. The molecule has 8 nitrogen and oxygen atoms in total. The van der Waals surface area contributed by atoms with Crippen molar-refractivity contribution in [1.82, 2.24) is 30.4 Å². The van der Waals surface area contributed by atoms with Gasteiger partial charge >= 0.3 is 12.1 Å². The van der Waals surface area contributed by atoms with Crippen LogP contribution in [0.5, 0.6) is 0 Å². The molecule has 0 saturated heterocycles. The topological polar surface area (TPSA) is 107 Å². The van der Waals surface area contributed by atoms with E-state index in [0.717, 1.165) is 35.4 Å². The van der Waals surface area contributed by atoms with Gasteiger partial charge in [0.25, 0.3) is 0 Å². The number of pyridine rings is 2. The maximum Gasteiger partial charge on any atom is 0.490 e. The molecule has 1 unspecified atom stereocenters.